The van der Waals surface area contributed by atoms with E-state index in [0.717, 1.165) is 43.0 Å². The van der Waals surface area contributed by atoms with E-state index in [2.05, 4.69) is 27.6 Å². The second-order valence-corrected chi connectivity index (χ2v) is 9.43. The lowest BCUT2D eigenvalue weighted by molar-refractivity contribution is 0.351. The predicted molar refractivity (Wildman–Crippen MR) is 123 cm³/mol. The number of nitrogens with one attached hydrogen (secondary N) is 2. The van der Waals surface area contributed by atoms with Crippen molar-refractivity contribution in [2.75, 3.05) is 11.9 Å². The lowest BCUT2D eigenvalue weighted by Crippen LogP contribution is -2.37. The van der Waals surface area contributed by atoms with Gasteiger partial charge in [-0.15, -0.1) is 0 Å². The van der Waals surface area contributed by atoms with Crippen LogP contribution < -0.4 is 10.6 Å². The number of nitrogens with zero attached hydrogens (tertiary/aromatic N) is 4. The van der Waals surface area contributed by atoms with Gasteiger partial charge in [-0.05, 0) is 63.8 Å². The maximum Gasteiger partial charge on any atom is 0.223 e. The standard InChI is InChI=1S/C23H35ClN6/c1-3-4-5-12-25-17-8-10-18(11-9-17)28-23-26-15-20(24)22(29-23)19-14-27-30(2)21(19)13-16-6-7-16/h14-18,25H,3-13H2,1-2H3,(H,26,28,29). The van der Waals surface area contributed by atoms with E-state index in [1.807, 2.05) is 17.9 Å². The molecule has 2 aromatic rings. The first-order chi connectivity index (χ1) is 14.6. The van der Waals surface area contributed by atoms with E-state index in [0.29, 0.717) is 23.1 Å². The summed E-state index contributed by atoms with van der Waals surface area (Å²) in [4.78, 5) is 9.26. The zero-order chi connectivity index (χ0) is 20.9. The summed E-state index contributed by atoms with van der Waals surface area (Å²) in [7, 11) is 2.00. The Hall–Kier alpha value is -1.66. The van der Waals surface area contributed by atoms with Crippen molar-refractivity contribution >= 4 is 17.5 Å². The summed E-state index contributed by atoms with van der Waals surface area (Å²) >= 11 is 6.50. The molecule has 0 unspecified atom stereocenters. The quantitative estimate of drug-likeness (QED) is 0.520. The molecule has 2 N–H and O–H groups in total. The van der Waals surface area contributed by atoms with Gasteiger partial charge in [0.15, 0.2) is 0 Å². The molecule has 2 aliphatic rings. The lowest BCUT2D eigenvalue weighted by atomic mass is 9.91. The SMILES string of the molecule is CCCCCNC1CCC(Nc2ncc(Cl)c(-c3cnn(C)c3CC3CC3)n2)CC1. The molecular formula is C23H35ClN6. The molecule has 0 radical (unpaired) electrons. The van der Waals surface area contributed by atoms with E-state index in [9.17, 15) is 0 Å². The van der Waals surface area contributed by atoms with Crippen LogP contribution in [0.1, 0.15) is 70.4 Å². The van der Waals surface area contributed by atoms with Crippen LogP contribution in [-0.2, 0) is 13.5 Å². The number of aromatic nitrogens is 4. The summed E-state index contributed by atoms with van der Waals surface area (Å²) in [6, 6.07) is 1.08. The maximum absolute atomic E-state index is 6.50. The molecule has 0 spiro atoms. The first kappa shape index (κ1) is 21.6. The Bertz CT molecular complexity index is 823. The van der Waals surface area contributed by atoms with Crippen LogP contribution in [0.4, 0.5) is 5.95 Å². The van der Waals surface area contributed by atoms with Crippen LogP contribution >= 0.6 is 11.6 Å². The van der Waals surface area contributed by atoms with Gasteiger partial charge in [-0.3, -0.25) is 4.68 Å². The second-order valence-electron chi connectivity index (χ2n) is 9.02. The molecule has 2 aliphatic carbocycles. The molecule has 2 aromatic heterocycles. The Labute approximate surface area is 185 Å². The molecule has 164 valence electrons. The summed E-state index contributed by atoms with van der Waals surface area (Å²) in [5.74, 6) is 1.46. The third-order valence-electron chi connectivity index (χ3n) is 6.51. The zero-order valence-electron chi connectivity index (χ0n) is 18.3. The van der Waals surface area contributed by atoms with Crippen molar-refractivity contribution in [3.8, 4) is 11.3 Å². The molecule has 7 heteroatoms. The first-order valence-electron chi connectivity index (χ1n) is 11.7. The molecule has 0 aromatic carbocycles. The van der Waals surface area contributed by atoms with Gasteiger partial charge in [0.2, 0.25) is 5.95 Å². The van der Waals surface area contributed by atoms with E-state index in [1.165, 1.54) is 50.6 Å². The minimum absolute atomic E-state index is 0.424. The van der Waals surface area contributed by atoms with Crippen LogP contribution in [0.15, 0.2) is 12.4 Å². The number of hydrogen-bond acceptors (Lipinski definition) is 5. The van der Waals surface area contributed by atoms with Crippen LogP contribution in [0, 0.1) is 5.92 Å². The zero-order valence-corrected chi connectivity index (χ0v) is 19.1. The molecule has 6 nitrogen and oxygen atoms in total. The molecule has 2 heterocycles. The van der Waals surface area contributed by atoms with E-state index in [1.54, 1.807) is 6.20 Å². The van der Waals surface area contributed by atoms with Gasteiger partial charge in [0.05, 0.1) is 23.1 Å². The normalized spacial score (nSPS) is 21.7. The molecule has 2 saturated carbocycles. The van der Waals surface area contributed by atoms with Crippen LogP contribution in [0.25, 0.3) is 11.3 Å². The van der Waals surface area contributed by atoms with Crippen molar-refractivity contribution in [2.24, 2.45) is 13.0 Å². The minimum Gasteiger partial charge on any atom is -0.351 e. The summed E-state index contributed by atoms with van der Waals surface area (Å²) < 4.78 is 1.97. The van der Waals surface area contributed by atoms with Crippen LogP contribution in [0.5, 0.6) is 0 Å². The Balaban J connectivity index is 1.37. The van der Waals surface area contributed by atoms with E-state index < -0.39 is 0 Å². The largest absolute Gasteiger partial charge is 0.351 e. The van der Waals surface area contributed by atoms with Gasteiger partial charge in [-0.25, -0.2) is 9.97 Å². The minimum atomic E-state index is 0.424. The summed E-state index contributed by atoms with van der Waals surface area (Å²) in [6.07, 6.45) is 15.9. The predicted octanol–water partition coefficient (Wildman–Crippen LogP) is 4.99. The fourth-order valence-corrected chi connectivity index (χ4v) is 4.62. The Morgan fingerprint density at radius 3 is 2.57 bits per heavy atom. The van der Waals surface area contributed by atoms with Gasteiger partial charge in [-0.1, -0.05) is 31.4 Å². The van der Waals surface area contributed by atoms with Crippen molar-refractivity contribution in [3.63, 3.8) is 0 Å². The monoisotopic (exact) mass is 430 g/mol. The number of hydrogen-bond donors (Lipinski definition) is 2. The fraction of sp³-hybridized carbons (Fsp3) is 0.696. The van der Waals surface area contributed by atoms with Gasteiger partial charge in [0.1, 0.15) is 0 Å². The van der Waals surface area contributed by atoms with Gasteiger partial charge >= 0.3 is 0 Å². The van der Waals surface area contributed by atoms with Gasteiger partial charge < -0.3 is 10.6 Å². The van der Waals surface area contributed by atoms with E-state index in [-0.39, 0.29) is 0 Å². The molecule has 2 fully saturated rings. The van der Waals surface area contributed by atoms with Gasteiger partial charge in [0, 0.05) is 30.4 Å². The highest BCUT2D eigenvalue weighted by atomic mass is 35.5. The maximum atomic E-state index is 6.50. The van der Waals surface area contributed by atoms with Gasteiger partial charge in [0.25, 0.3) is 0 Å². The number of rotatable bonds is 10. The Morgan fingerprint density at radius 1 is 1.07 bits per heavy atom. The summed E-state index contributed by atoms with van der Waals surface area (Å²) in [5.41, 5.74) is 3.06. The van der Waals surface area contributed by atoms with Crippen molar-refractivity contribution in [1.29, 1.82) is 0 Å². The highest BCUT2D eigenvalue weighted by Gasteiger charge is 2.26. The number of halogens is 1. The first-order valence-corrected chi connectivity index (χ1v) is 12.1. The smallest absolute Gasteiger partial charge is 0.223 e. The molecule has 0 atom stereocenters. The highest BCUT2D eigenvalue weighted by Crippen LogP contribution is 2.37. The Morgan fingerprint density at radius 2 is 1.83 bits per heavy atom. The van der Waals surface area contributed by atoms with Crippen molar-refractivity contribution in [3.05, 3.63) is 23.1 Å². The average molecular weight is 431 g/mol. The molecule has 0 aliphatic heterocycles. The summed E-state index contributed by atoms with van der Waals surface area (Å²) in [5, 5.41) is 12.3. The fourth-order valence-electron chi connectivity index (χ4n) is 4.43. The number of unbranched alkanes of at least 4 members (excludes halogenated alkanes) is 2. The van der Waals surface area contributed by atoms with Crippen molar-refractivity contribution < 1.29 is 0 Å². The molecule has 0 saturated heterocycles. The molecule has 0 amide bonds. The highest BCUT2D eigenvalue weighted by molar-refractivity contribution is 6.32. The van der Waals surface area contributed by atoms with Crippen LogP contribution in [-0.4, -0.2) is 38.4 Å². The van der Waals surface area contributed by atoms with Crippen molar-refractivity contribution in [1.82, 2.24) is 25.1 Å². The lowest BCUT2D eigenvalue weighted by Gasteiger charge is -2.30. The molecule has 30 heavy (non-hydrogen) atoms. The van der Waals surface area contributed by atoms with Crippen LogP contribution in [0.2, 0.25) is 5.02 Å². The van der Waals surface area contributed by atoms with E-state index in [4.69, 9.17) is 16.6 Å². The molecule has 4 rings (SSSR count). The van der Waals surface area contributed by atoms with Crippen LogP contribution in [0.3, 0.4) is 0 Å². The molecular weight excluding hydrogens is 396 g/mol. The third-order valence-corrected chi connectivity index (χ3v) is 6.79. The second kappa shape index (κ2) is 10.1. The van der Waals surface area contributed by atoms with E-state index >= 15 is 0 Å². The summed E-state index contributed by atoms with van der Waals surface area (Å²) in [6.45, 7) is 3.40. The van der Waals surface area contributed by atoms with Gasteiger partial charge in [-0.2, -0.15) is 5.10 Å². The third kappa shape index (κ3) is 5.52. The number of aryl methyl sites for hydroxylation is 1. The molecule has 0 bridgehead atoms. The Kier molecular flexibility index (Phi) is 7.26. The topological polar surface area (TPSA) is 67.7 Å². The average Bonchev–Trinajstić information content (AvgIpc) is 3.50. The van der Waals surface area contributed by atoms with Crippen molar-refractivity contribution in [2.45, 2.75) is 83.2 Å². The number of anilines is 1.